The highest BCUT2D eigenvalue weighted by Gasteiger charge is 2.26. The maximum absolute atomic E-state index is 11.4. The molecule has 0 aliphatic heterocycles. The Labute approximate surface area is 101 Å². The Balaban J connectivity index is 2.11. The lowest BCUT2D eigenvalue weighted by molar-refractivity contribution is -0.130. The third-order valence-corrected chi connectivity index (χ3v) is 2.95. The van der Waals surface area contributed by atoms with Crippen molar-refractivity contribution in [2.45, 2.75) is 32.0 Å². The zero-order chi connectivity index (χ0) is 12.3. The van der Waals surface area contributed by atoms with E-state index in [2.05, 4.69) is 0 Å². The van der Waals surface area contributed by atoms with Crippen molar-refractivity contribution in [2.75, 3.05) is 0 Å². The van der Waals surface area contributed by atoms with Crippen molar-refractivity contribution in [2.24, 2.45) is 0 Å². The first-order valence-electron chi connectivity index (χ1n) is 5.77. The third kappa shape index (κ3) is 2.96. The van der Waals surface area contributed by atoms with Crippen LogP contribution in [0.2, 0.25) is 6.82 Å². The standard InChI is InChI=1S/C13H14BO3/c1-14-17-13-4-2-9(3-5-13)10-6-11(15)8-12(16)7-10/h2-5,10H,6-8H2,1H3. The number of ketones is 2. The molecule has 1 aliphatic rings. The smallest absolute Gasteiger partial charge is 0.366 e. The van der Waals surface area contributed by atoms with E-state index < -0.39 is 0 Å². The zero-order valence-electron chi connectivity index (χ0n) is 9.81. The van der Waals surface area contributed by atoms with Crippen LogP contribution in [0.25, 0.3) is 0 Å². The molecule has 1 aromatic rings. The Hall–Kier alpha value is -1.58. The van der Waals surface area contributed by atoms with Gasteiger partial charge in [0.05, 0.1) is 12.2 Å². The fourth-order valence-corrected chi connectivity index (χ4v) is 2.18. The molecule has 4 heteroatoms. The first-order chi connectivity index (χ1) is 8.19. The highest BCUT2D eigenvalue weighted by atomic mass is 16.4. The second kappa shape index (κ2) is 5.17. The van der Waals surface area contributed by atoms with Gasteiger partial charge in [0.15, 0.2) is 0 Å². The first kappa shape index (κ1) is 11.9. The molecular formula is C13H14BO3. The quantitative estimate of drug-likeness (QED) is 0.589. The number of carbonyl (C=O) groups is 2. The average molecular weight is 229 g/mol. The lowest BCUT2D eigenvalue weighted by Gasteiger charge is -2.20. The fraction of sp³-hybridized carbons (Fsp3) is 0.385. The summed E-state index contributed by atoms with van der Waals surface area (Å²) < 4.78 is 5.23. The molecule has 17 heavy (non-hydrogen) atoms. The Kier molecular flexibility index (Phi) is 3.62. The van der Waals surface area contributed by atoms with Gasteiger partial charge in [0, 0.05) is 12.8 Å². The van der Waals surface area contributed by atoms with Gasteiger partial charge in [-0.2, -0.15) is 0 Å². The van der Waals surface area contributed by atoms with E-state index in [1.54, 1.807) is 7.48 Å². The second-order valence-corrected chi connectivity index (χ2v) is 4.28. The van der Waals surface area contributed by atoms with Crippen LogP contribution in [0.4, 0.5) is 0 Å². The monoisotopic (exact) mass is 229 g/mol. The van der Waals surface area contributed by atoms with Crippen molar-refractivity contribution >= 4 is 19.0 Å². The van der Waals surface area contributed by atoms with Crippen LogP contribution in [-0.4, -0.2) is 19.0 Å². The van der Waals surface area contributed by atoms with Crippen molar-refractivity contribution in [3.05, 3.63) is 29.8 Å². The Morgan fingerprint density at radius 2 is 1.71 bits per heavy atom. The van der Waals surface area contributed by atoms with Crippen LogP contribution in [0.15, 0.2) is 24.3 Å². The summed E-state index contributed by atoms with van der Waals surface area (Å²) in [6.45, 7) is 1.81. The van der Waals surface area contributed by atoms with Gasteiger partial charge in [-0.1, -0.05) is 19.0 Å². The molecule has 0 atom stereocenters. The normalized spacial score (nSPS) is 17.0. The summed E-state index contributed by atoms with van der Waals surface area (Å²) in [4.78, 5) is 22.8. The number of rotatable bonds is 3. The molecular weight excluding hydrogens is 215 g/mol. The van der Waals surface area contributed by atoms with E-state index in [-0.39, 0.29) is 23.9 Å². The van der Waals surface area contributed by atoms with Gasteiger partial charge in [0.2, 0.25) is 0 Å². The zero-order valence-corrected chi connectivity index (χ0v) is 9.81. The summed E-state index contributed by atoms with van der Waals surface area (Å²) in [6, 6.07) is 7.57. The number of hydrogen-bond acceptors (Lipinski definition) is 3. The SMILES string of the molecule is C[B]Oc1ccc(C2CC(=O)CC(=O)C2)cc1. The number of carbonyl (C=O) groups excluding carboxylic acids is 2. The Morgan fingerprint density at radius 3 is 2.24 bits per heavy atom. The third-order valence-electron chi connectivity index (χ3n) is 2.95. The minimum absolute atomic E-state index is 0.0448. The van der Waals surface area contributed by atoms with Crippen molar-refractivity contribution in [1.82, 2.24) is 0 Å². The van der Waals surface area contributed by atoms with E-state index in [1.165, 1.54) is 0 Å². The first-order valence-corrected chi connectivity index (χ1v) is 5.77. The van der Waals surface area contributed by atoms with Crippen LogP contribution in [0.3, 0.4) is 0 Å². The minimum atomic E-state index is 0.0448. The van der Waals surface area contributed by atoms with E-state index in [0.717, 1.165) is 11.3 Å². The molecule has 3 nitrogen and oxygen atoms in total. The number of hydrogen-bond donors (Lipinski definition) is 0. The summed E-state index contributed by atoms with van der Waals surface area (Å²) in [6.07, 6.45) is 1.07. The predicted molar refractivity (Wildman–Crippen MR) is 65.3 cm³/mol. The molecule has 0 amide bonds. The largest absolute Gasteiger partial charge is 0.564 e. The summed E-state index contributed by atoms with van der Waals surface area (Å²) in [5.74, 6) is 0.912. The second-order valence-electron chi connectivity index (χ2n) is 4.28. The molecule has 0 saturated heterocycles. The van der Waals surface area contributed by atoms with Gasteiger partial charge in [-0.3, -0.25) is 9.59 Å². The topological polar surface area (TPSA) is 43.4 Å². The maximum Gasteiger partial charge on any atom is 0.366 e. The Morgan fingerprint density at radius 1 is 1.12 bits per heavy atom. The molecule has 2 rings (SSSR count). The molecule has 0 spiro atoms. The highest BCUT2D eigenvalue weighted by molar-refractivity contribution is 6.26. The van der Waals surface area contributed by atoms with Crippen LogP contribution in [0, 0.1) is 0 Å². The molecule has 0 bridgehead atoms. The summed E-state index contributed by atoms with van der Waals surface area (Å²) in [5.41, 5.74) is 1.04. The van der Waals surface area contributed by atoms with E-state index in [4.69, 9.17) is 4.65 Å². The fourth-order valence-electron chi connectivity index (χ4n) is 2.18. The molecule has 1 fully saturated rings. The summed E-state index contributed by atoms with van der Waals surface area (Å²) >= 11 is 0. The van der Waals surface area contributed by atoms with Crippen LogP contribution in [0.1, 0.15) is 30.7 Å². The lowest BCUT2D eigenvalue weighted by atomic mass is 9.83. The van der Waals surface area contributed by atoms with E-state index in [0.29, 0.717) is 12.8 Å². The van der Waals surface area contributed by atoms with Crippen molar-refractivity contribution in [3.63, 3.8) is 0 Å². The molecule has 0 heterocycles. The van der Waals surface area contributed by atoms with Gasteiger partial charge in [-0.15, -0.1) is 0 Å². The van der Waals surface area contributed by atoms with Gasteiger partial charge >= 0.3 is 7.48 Å². The molecule has 1 saturated carbocycles. The number of Topliss-reactive ketones (excluding diaryl/α,β-unsaturated/α-hetero) is 2. The van der Waals surface area contributed by atoms with Crippen LogP contribution in [0.5, 0.6) is 5.75 Å². The maximum atomic E-state index is 11.4. The van der Waals surface area contributed by atoms with Crippen LogP contribution >= 0.6 is 0 Å². The van der Waals surface area contributed by atoms with Crippen molar-refractivity contribution < 1.29 is 14.2 Å². The highest BCUT2D eigenvalue weighted by Crippen LogP contribution is 2.30. The molecule has 0 unspecified atom stereocenters. The van der Waals surface area contributed by atoms with E-state index >= 15 is 0 Å². The molecule has 1 aliphatic carbocycles. The van der Waals surface area contributed by atoms with Crippen molar-refractivity contribution in [3.8, 4) is 5.75 Å². The molecule has 87 valence electrons. The van der Waals surface area contributed by atoms with E-state index in [1.807, 2.05) is 31.1 Å². The van der Waals surface area contributed by atoms with Gasteiger partial charge in [-0.25, -0.2) is 0 Å². The molecule has 0 aromatic heterocycles. The van der Waals surface area contributed by atoms with Crippen LogP contribution < -0.4 is 4.65 Å². The van der Waals surface area contributed by atoms with Gasteiger partial charge < -0.3 is 4.65 Å². The van der Waals surface area contributed by atoms with Gasteiger partial charge in [-0.05, 0) is 23.6 Å². The predicted octanol–water partition coefficient (Wildman–Crippen LogP) is 2.14. The summed E-state index contributed by atoms with van der Waals surface area (Å²) in [7, 11) is 1.61. The van der Waals surface area contributed by atoms with Crippen molar-refractivity contribution in [1.29, 1.82) is 0 Å². The van der Waals surface area contributed by atoms with Gasteiger partial charge in [0.1, 0.15) is 11.6 Å². The van der Waals surface area contributed by atoms with Crippen LogP contribution in [-0.2, 0) is 9.59 Å². The summed E-state index contributed by atoms with van der Waals surface area (Å²) in [5, 5.41) is 0. The number of benzene rings is 1. The van der Waals surface area contributed by atoms with Gasteiger partial charge in [0.25, 0.3) is 0 Å². The minimum Gasteiger partial charge on any atom is -0.564 e. The lowest BCUT2D eigenvalue weighted by Crippen LogP contribution is -2.21. The average Bonchev–Trinajstić information content (AvgIpc) is 2.29. The molecule has 1 aromatic carbocycles. The van der Waals surface area contributed by atoms with E-state index in [9.17, 15) is 9.59 Å². The molecule has 0 N–H and O–H groups in total. The Bertz CT molecular complexity index is 409. The molecule has 1 radical (unpaired) electrons.